The van der Waals surface area contributed by atoms with Crippen LogP contribution in [0.25, 0.3) is 0 Å². The molecule has 0 aromatic heterocycles. The van der Waals surface area contributed by atoms with Gasteiger partial charge in [-0.15, -0.1) is 0 Å². The maximum absolute atomic E-state index is 13.1. The molecular weight excluding hydrogens is 184 g/mol. The molecule has 0 aliphatic rings. The topological polar surface area (TPSA) is 50.1 Å². The number of alkyl halides is 1. The first-order chi connectivity index (χ1) is 6.63. The molecule has 0 heterocycles. The minimum absolute atomic E-state index is 0.166. The molecule has 0 N–H and O–H groups in total. The van der Waals surface area contributed by atoms with Crippen molar-refractivity contribution in [1.29, 1.82) is 5.26 Å². The Morgan fingerprint density at radius 3 is 2.93 bits per heavy atom. The number of carbonyl (C=O) groups excluding carboxylic acids is 1. The summed E-state index contributed by atoms with van der Waals surface area (Å²) in [5.74, 6) is -0.695. The number of nitrogens with zero attached hydrogens (tertiary/aromatic N) is 1. The second-order valence-corrected chi connectivity index (χ2v) is 2.66. The van der Waals surface area contributed by atoms with E-state index >= 15 is 0 Å². The highest BCUT2D eigenvalue weighted by Crippen LogP contribution is 2.19. The Balaban J connectivity index is 2.85. The maximum Gasteiger partial charge on any atom is 0.266 e. The third-order valence-electron chi connectivity index (χ3n) is 1.55. The van der Waals surface area contributed by atoms with Gasteiger partial charge in [-0.25, -0.2) is 0 Å². The minimum Gasteiger partial charge on any atom is -0.435 e. The van der Waals surface area contributed by atoms with E-state index in [0.29, 0.717) is 5.56 Å². The van der Waals surface area contributed by atoms with Gasteiger partial charge < -0.3 is 4.74 Å². The fourth-order valence-corrected chi connectivity index (χ4v) is 0.963. The number of nitriles is 1. The van der Waals surface area contributed by atoms with E-state index in [4.69, 9.17) is 5.26 Å². The quantitative estimate of drug-likeness (QED) is 0.661. The molecule has 0 spiro atoms. The van der Waals surface area contributed by atoms with Crippen molar-refractivity contribution in [3.8, 4) is 6.07 Å². The molecule has 1 atom stereocenters. The van der Waals surface area contributed by atoms with Crippen LogP contribution >= 0.6 is 0 Å². The molecule has 1 unspecified atom stereocenters. The van der Waals surface area contributed by atoms with Crippen molar-refractivity contribution in [3.05, 3.63) is 35.4 Å². The van der Waals surface area contributed by atoms with Gasteiger partial charge in [-0.1, -0.05) is 12.1 Å². The fourth-order valence-electron chi connectivity index (χ4n) is 0.963. The lowest BCUT2D eigenvalue weighted by molar-refractivity contribution is 0.0276. The lowest BCUT2D eigenvalue weighted by Crippen LogP contribution is -2.05. The summed E-state index contributed by atoms with van der Waals surface area (Å²) in [6, 6.07) is 7.74. The number of hydrogen-bond acceptors (Lipinski definition) is 3. The second-order valence-electron chi connectivity index (χ2n) is 2.66. The molecule has 1 aromatic rings. The average molecular weight is 191 g/mol. The largest absolute Gasteiger partial charge is 0.435 e. The molecule has 3 nitrogen and oxygen atoms in total. The number of hydrogen-bond donors (Lipinski definition) is 0. The third kappa shape index (κ3) is 2.59. The first-order valence-corrected chi connectivity index (χ1v) is 3.95. The molecule has 1 rings (SSSR count). The van der Waals surface area contributed by atoms with E-state index in [1.807, 2.05) is 6.07 Å². The molecule has 70 valence electrons. The van der Waals surface area contributed by atoms with Gasteiger partial charge >= 0.3 is 0 Å². The number of halogens is 1. The van der Waals surface area contributed by atoms with Crippen molar-refractivity contribution in [2.75, 3.05) is 0 Å². The highest BCUT2D eigenvalue weighted by atomic mass is 19.1. The third-order valence-corrected chi connectivity index (χ3v) is 1.55. The van der Waals surface area contributed by atoms with Gasteiger partial charge in [0, 0.05) is 5.56 Å². The van der Waals surface area contributed by atoms with Crippen molar-refractivity contribution in [3.63, 3.8) is 0 Å². The second kappa shape index (κ2) is 4.42. The molecule has 14 heavy (non-hydrogen) atoms. The molecule has 0 bridgehead atoms. The fraction of sp³-hybridized carbons (Fsp3) is 0.111. The molecule has 0 aliphatic heterocycles. The van der Waals surface area contributed by atoms with Gasteiger partial charge in [0.05, 0.1) is 11.6 Å². The van der Waals surface area contributed by atoms with Gasteiger partial charge in [-0.2, -0.15) is 9.65 Å². The van der Waals surface area contributed by atoms with Crippen LogP contribution in [0.3, 0.4) is 0 Å². The average Bonchev–Trinajstić information content (AvgIpc) is 2.17. The summed E-state index contributed by atoms with van der Waals surface area (Å²) >= 11 is 0. The summed E-state index contributed by atoms with van der Waals surface area (Å²) in [4.78, 5) is 10.5. The van der Waals surface area contributed by atoms with Crippen LogP contribution in [0.1, 0.15) is 17.5 Å². The van der Waals surface area contributed by atoms with Crippen molar-refractivity contribution >= 4 is 13.7 Å². The van der Waals surface area contributed by atoms with E-state index < -0.39 is 12.2 Å². The zero-order chi connectivity index (χ0) is 10.6. The smallest absolute Gasteiger partial charge is 0.266 e. The van der Waals surface area contributed by atoms with Gasteiger partial charge in [-0.05, 0) is 12.1 Å². The zero-order valence-corrected chi connectivity index (χ0v) is 7.53. The molecule has 5 heteroatoms. The normalized spacial score (nSPS) is 11.4. The van der Waals surface area contributed by atoms with E-state index in [9.17, 15) is 9.18 Å². The first kappa shape index (κ1) is 10.3. The van der Waals surface area contributed by atoms with Crippen LogP contribution in [-0.2, 0) is 4.74 Å². The van der Waals surface area contributed by atoms with Crippen LogP contribution in [-0.4, -0.2) is 13.7 Å². The summed E-state index contributed by atoms with van der Waals surface area (Å²) in [7, 11) is 1.13. The lowest BCUT2D eigenvalue weighted by Gasteiger charge is -2.08. The summed E-state index contributed by atoms with van der Waals surface area (Å²) in [5.41, 5.74) is 0.497. The van der Waals surface area contributed by atoms with Crippen LogP contribution < -0.4 is 0 Å². The minimum atomic E-state index is -1.80. The number of benzene rings is 1. The molecule has 0 fully saturated rings. The number of rotatable bonds is 2. The molecule has 0 aliphatic carbocycles. The standard InChI is InChI=1S/C9H7BFNO2/c10-9(13)14-8(11)7-3-1-2-6(4-7)5-12/h1-4,8H,10H2. The molecule has 0 amide bonds. The predicted octanol–water partition coefficient (Wildman–Crippen LogP) is 1.30. The van der Waals surface area contributed by atoms with Gasteiger partial charge in [0.25, 0.3) is 6.36 Å². The van der Waals surface area contributed by atoms with Gasteiger partial charge in [0.2, 0.25) is 13.7 Å². The molecule has 0 saturated heterocycles. The van der Waals surface area contributed by atoms with E-state index in [2.05, 4.69) is 4.74 Å². The first-order valence-electron chi connectivity index (χ1n) is 3.95. The molecule has 0 radical (unpaired) electrons. The van der Waals surface area contributed by atoms with Gasteiger partial charge in [0.1, 0.15) is 0 Å². The van der Waals surface area contributed by atoms with Crippen LogP contribution in [0, 0.1) is 11.3 Å². The Labute approximate surface area is 81.5 Å². The summed E-state index contributed by atoms with van der Waals surface area (Å²) in [6.45, 7) is 0. The van der Waals surface area contributed by atoms with Crippen LogP contribution in [0.2, 0.25) is 0 Å². The van der Waals surface area contributed by atoms with E-state index in [0.717, 1.165) is 7.85 Å². The van der Waals surface area contributed by atoms with Crippen molar-refractivity contribution in [2.24, 2.45) is 0 Å². The Bertz CT molecular complexity index is 389. The number of ether oxygens (including phenoxy) is 1. The van der Waals surface area contributed by atoms with Crippen LogP contribution in [0.4, 0.5) is 9.18 Å². The van der Waals surface area contributed by atoms with Crippen LogP contribution in [0.15, 0.2) is 24.3 Å². The molecule has 0 saturated carbocycles. The lowest BCUT2D eigenvalue weighted by atomic mass is 10.1. The van der Waals surface area contributed by atoms with Crippen LogP contribution in [0.5, 0.6) is 0 Å². The predicted molar refractivity (Wildman–Crippen MR) is 50.0 cm³/mol. The van der Waals surface area contributed by atoms with Gasteiger partial charge in [-0.3, -0.25) is 4.79 Å². The van der Waals surface area contributed by atoms with E-state index in [-0.39, 0.29) is 5.56 Å². The van der Waals surface area contributed by atoms with E-state index in [1.165, 1.54) is 18.2 Å². The zero-order valence-electron chi connectivity index (χ0n) is 7.53. The van der Waals surface area contributed by atoms with E-state index in [1.54, 1.807) is 6.07 Å². The maximum atomic E-state index is 13.1. The SMILES string of the molecule is BC(=O)OC(F)c1cccc(C#N)c1. The Kier molecular flexibility index (Phi) is 3.24. The van der Waals surface area contributed by atoms with Crippen molar-refractivity contribution in [1.82, 2.24) is 0 Å². The Hall–Kier alpha value is -1.83. The highest BCUT2D eigenvalue weighted by molar-refractivity contribution is 6.55. The summed E-state index contributed by atoms with van der Waals surface area (Å²) in [5, 5.41) is 8.55. The van der Waals surface area contributed by atoms with Gasteiger partial charge in [0.15, 0.2) is 0 Å². The van der Waals surface area contributed by atoms with Crippen molar-refractivity contribution < 1.29 is 13.9 Å². The Morgan fingerprint density at radius 2 is 2.36 bits per heavy atom. The van der Waals surface area contributed by atoms with Crippen molar-refractivity contribution in [2.45, 2.75) is 6.36 Å². The summed E-state index contributed by atoms with van der Waals surface area (Å²) in [6.07, 6.45) is -1.80. The summed E-state index contributed by atoms with van der Waals surface area (Å²) < 4.78 is 17.5. The monoisotopic (exact) mass is 191 g/mol. The molecule has 1 aromatic carbocycles. The number of carbonyl (C=O) groups is 1. The Morgan fingerprint density at radius 1 is 1.64 bits per heavy atom. The molecular formula is C9H7BFNO2. The highest BCUT2D eigenvalue weighted by Gasteiger charge is 2.12.